The van der Waals surface area contributed by atoms with E-state index in [0.29, 0.717) is 10.9 Å². The first kappa shape index (κ1) is 20.8. The highest BCUT2D eigenvalue weighted by Gasteiger charge is 2.14. The molecule has 0 radical (unpaired) electrons. The predicted octanol–water partition coefficient (Wildman–Crippen LogP) is 3.89. The zero-order valence-electron chi connectivity index (χ0n) is 15.8. The minimum absolute atomic E-state index is 0.143. The van der Waals surface area contributed by atoms with Crippen molar-refractivity contribution in [2.75, 3.05) is 6.61 Å². The lowest BCUT2D eigenvalue weighted by atomic mass is 10.00. The van der Waals surface area contributed by atoms with Crippen molar-refractivity contribution in [2.24, 2.45) is 11.7 Å². The zero-order valence-corrected chi connectivity index (χ0v) is 16.5. The Labute approximate surface area is 164 Å². The largest absolute Gasteiger partial charge is 0.483 e. The molecule has 27 heavy (non-hydrogen) atoms. The fourth-order valence-electron chi connectivity index (χ4n) is 2.74. The summed E-state index contributed by atoms with van der Waals surface area (Å²) in [7, 11) is 0. The molecule has 0 saturated heterocycles. The van der Waals surface area contributed by atoms with Crippen molar-refractivity contribution in [1.82, 2.24) is 5.32 Å². The van der Waals surface area contributed by atoms with Crippen LogP contribution in [0.2, 0.25) is 5.02 Å². The van der Waals surface area contributed by atoms with Crippen molar-refractivity contribution in [1.29, 1.82) is 0 Å². The Hall–Kier alpha value is -2.53. The normalized spacial score (nSPS) is 11.9. The number of primary amides is 1. The predicted molar refractivity (Wildman–Crippen MR) is 107 cm³/mol. The lowest BCUT2D eigenvalue weighted by Crippen LogP contribution is -2.31. The maximum atomic E-state index is 12.2. The number of carbonyl (C=O) groups is 2. The van der Waals surface area contributed by atoms with E-state index >= 15 is 0 Å². The van der Waals surface area contributed by atoms with Gasteiger partial charge in [-0.15, -0.1) is 0 Å². The second kappa shape index (κ2) is 9.42. The fraction of sp³-hybridized carbons (Fsp3) is 0.333. The monoisotopic (exact) mass is 388 g/mol. The highest BCUT2D eigenvalue weighted by atomic mass is 35.5. The average Bonchev–Trinajstić information content (AvgIpc) is 2.60. The molecule has 0 aliphatic rings. The zero-order chi connectivity index (χ0) is 20.0. The van der Waals surface area contributed by atoms with Gasteiger partial charge in [-0.05, 0) is 48.6 Å². The van der Waals surface area contributed by atoms with Gasteiger partial charge in [0.25, 0.3) is 11.8 Å². The summed E-state index contributed by atoms with van der Waals surface area (Å²) in [6.07, 6.45) is 1.03. The van der Waals surface area contributed by atoms with E-state index in [2.05, 4.69) is 31.3 Å². The van der Waals surface area contributed by atoms with Gasteiger partial charge < -0.3 is 15.8 Å². The van der Waals surface area contributed by atoms with Gasteiger partial charge >= 0.3 is 0 Å². The topological polar surface area (TPSA) is 81.4 Å². The molecule has 0 saturated carbocycles. The molecular weight excluding hydrogens is 364 g/mol. The summed E-state index contributed by atoms with van der Waals surface area (Å²) < 4.78 is 5.44. The van der Waals surface area contributed by atoms with Crippen LogP contribution in [-0.4, -0.2) is 18.4 Å². The Balaban J connectivity index is 1.93. The summed E-state index contributed by atoms with van der Waals surface area (Å²) >= 11 is 5.86. The smallest absolute Gasteiger partial charge is 0.258 e. The Morgan fingerprint density at radius 2 is 1.78 bits per heavy atom. The van der Waals surface area contributed by atoms with Gasteiger partial charge in [-0.25, -0.2) is 0 Å². The number of ether oxygens (including phenoxy) is 1. The third-order valence-corrected chi connectivity index (χ3v) is 4.30. The van der Waals surface area contributed by atoms with E-state index < -0.39 is 5.91 Å². The van der Waals surface area contributed by atoms with Crippen LogP contribution < -0.4 is 15.8 Å². The molecule has 3 N–H and O–H groups in total. The summed E-state index contributed by atoms with van der Waals surface area (Å²) in [6.45, 7) is 6.05. The Bertz CT molecular complexity index is 804. The van der Waals surface area contributed by atoms with Gasteiger partial charge in [0, 0.05) is 5.02 Å². The summed E-state index contributed by atoms with van der Waals surface area (Å²) in [5.74, 6) is -0.127. The Kier molecular flexibility index (Phi) is 7.25. The van der Waals surface area contributed by atoms with Crippen LogP contribution in [0.5, 0.6) is 5.75 Å². The van der Waals surface area contributed by atoms with Gasteiger partial charge in [0.05, 0.1) is 11.6 Å². The number of amides is 2. The van der Waals surface area contributed by atoms with E-state index in [9.17, 15) is 9.59 Å². The number of hydrogen-bond acceptors (Lipinski definition) is 3. The standard InChI is InChI=1S/C21H25ClN2O3/c1-13(2)10-15-4-6-16(7-5-15)14(3)24-20(25)12-27-19-9-8-17(22)11-18(19)21(23)26/h4-9,11,13-14H,10,12H2,1-3H3,(H2,23,26)(H,24,25). The Morgan fingerprint density at radius 3 is 2.37 bits per heavy atom. The third-order valence-electron chi connectivity index (χ3n) is 4.07. The van der Waals surface area contributed by atoms with E-state index in [1.807, 2.05) is 19.1 Å². The number of rotatable bonds is 8. The molecule has 5 nitrogen and oxygen atoms in total. The van der Waals surface area contributed by atoms with Crippen molar-refractivity contribution in [3.63, 3.8) is 0 Å². The highest BCUT2D eigenvalue weighted by molar-refractivity contribution is 6.31. The molecule has 2 aromatic carbocycles. The van der Waals surface area contributed by atoms with E-state index in [-0.39, 0.29) is 29.9 Å². The van der Waals surface area contributed by atoms with Gasteiger partial charge in [-0.1, -0.05) is 49.7 Å². The minimum atomic E-state index is -0.664. The SMILES string of the molecule is CC(C)Cc1ccc(C(C)NC(=O)COc2ccc(Cl)cc2C(N)=O)cc1. The molecule has 144 valence electrons. The van der Waals surface area contributed by atoms with Gasteiger partial charge in [-0.2, -0.15) is 0 Å². The van der Waals surface area contributed by atoms with E-state index in [1.165, 1.54) is 17.7 Å². The first-order chi connectivity index (χ1) is 12.8. The molecule has 0 fully saturated rings. The van der Waals surface area contributed by atoms with Crippen LogP contribution in [0.3, 0.4) is 0 Å². The van der Waals surface area contributed by atoms with Crippen molar-refractivity contribution in [3.8, 4) is 5.75 Å². The van der Waals surface area contributed by atoms with Gasteiger partial charge in [0.15, 0.2) is 6.61 Å². The molecule has 0 bridgehead atoms. The van der Waals surface area contributed by atoms with E-state index in [0.717, 1.165) is 12.0 Å². The molecule has 0 aliphatic carbocycles. The second-order valence-electron chi connectivity index (χ2n) is 6.92. The molecule has 0 spiro atoms. The average molecular weight is 389 g/mol. The first-order valence-corrected chi connectivity index (χ1v) is 9.24. The lowest BCUT2D eigenvalue weighted by molar-refractivity contribution is -0.123. The van der Waals surface area contributed by atoms with Crippen molar-refractivity contribution in [2.45, 2.75) is 33.2 Å². The summed E-state index contributed by atoms with van der Waals surface area (Å²) in [5.41, 5.74) is 7.74. The molecule has 6 heteroatoms. The number of benzene rings is 2. The van der Waals surface area contributed by atoms with Crippen LogP contribution in [0.1, 0.15) is 48.3 Å². The molecule has 1 atom stereocenters. The van der Waals surface area contributed by atoms with E-state index in [1.54, 1.807) is 6.07 Å². The van der Waals surface area contributed by atoms with E-state index in [4.69, 9.17) is 22.1 Å². The summed E-state index contributed by atoms with van der Waals surface area (Å²) in [5, 5.41) is 3.25. The summed E-state index contributed by atoms with van der Waals surface area (Å²) in [6, 6.07) is 12.6. The third kappa shape index (κ3) is 6.29. The van der Waals surface area contributed by atoms with Crippen LogP contribution in [0.15, 0.2) is 42.5 Å². The maximum absolute atomic E-state index is 12.2. The fourth-order valence-corrected chi connectivity index (χ4v) is 2.92. The molecule has 0 heterocycles. The lowest BCUT2D eigenvalue weighted by Gasteiger charge is -2.16. The second-order valence-corrected chi connectivity index (χ2v) is 7.36. The summed E-state index contributed by atoms with van der Waals surface area (Å²) in [4.78, 5) is 23.6. The molecule has 1 unspecified atom stereocenters. The quantitative estimate of drug-likeness (QED) is 0.719. The molecule has 0 aliphatic heterocycles. The van der Waals surface area contributed by atoms with Crippen molar-refractivity contribution in [3.05, 3.63) is 64.2 Å². The highest BCUT2D eigenvalue weighted by Crippen LogP contribution is 2.22. The minimum Gasteiger partial charge on any atom is -0.483 e. The molecule has 0 aromatic heterocycles. The van der Waals surface area contributed by atoms with Gasteiger partial charge in [-0.3, -0.25) is 9.59 Å². The number of nitrogens with two attached hydrogens (primary N) is 1. The van der Waals surface area contributed by atoms with Gasteiger partial charge in [0.2, 0.25) is 0 Å². The van der Waals surface area contributed by atoms with Crippen LogP contribution >= 0.6 is 11.6 Å². The molecule has 2 aromatic rings. The number of halogens is 1. The Morgan fingerprint density at radius 1 is 1.11 bits per heavy atom. The van der Waals surface area contributed by atoms with Gasteiger partial charge in [0.1, 0.15) is 5.75 Å². The molecular formula is C21H25ClN2O3. The maximum Gasteiger partial charge on any atom is 0.258 e. The van der Waals surface area contributed by atoms with Crippen LogP contribution in [0, 0.1) is 5.92 Å². The van der Waals surface area contributed by atoms with Crippen LogP contribution in [0.25, 0.3) is 0 Å². The molecule has 2 rings (SSSR count). The number of hydrogen-bond donors (Lipinski definition) is 2. The molecule has 2 amide bonds. The van der Waals surface area contributed by atoms with Crippen LogP contribution in [0.4, 0.5) is 0 Å². The van der Waals surface area contributed by atoms with Crippen molar-refractivity contribution >= 4 is 23.4 Å². The first-order valence-electron chi connectivity index (χ1n) is 8.86. The van der Waals surface area contributed by atoms with Crippen molar-refractivity contribution < 1.29 is 14.3 Å². The number of nitrogens with one attached hydrogen (secondary N) is 1. The van der Waals surface area contributed by atoms with Crippen LogP contribution in [-0.2, 0) is 11.2 Å². The number of carbonyl (C=O) groups excluding carboxylic acids is 2.